The standard InChI is InChI=1S/C23H18N2O2/c26-22-20-14-8-7-13-19(20)21(16-24-15-17-9-3-1-4-10-17)23(27)25(22)18-11-5-2-6-12-18/h1-14,16,21H,15H2. The first kappa shape index (κ1) is 16.9. The molecule has 0 aliphatic carbocycles. The Balaban J connectivity index is 1.70. The molecule has 1 unspecified atom stereocenters. The van der Waals surface area contributed by atoms with Crippen molar-refractivity contribution >= 4 is 23.7 Å². The van der Waals surface area contributed by atoms with E-state index in [1.54, 1.807) is 24.4 Å². The Kier molecular flexibility index (Phi) is 4.62. The Hall–Kier alpha value is -3.53. The molecule has 1 aliphatic rings. The van der Waals surface area contributed by atoms with Gasteiger partial charge in [-0.1, -0.05) is 66.7 Å². The van der Waals surface area contributed by atoms with Crippen LogP contribution in [0.4, 0.5) is 5.69 Å². The molecule has 132 valence electrons. The van der Waals surface area contributed by atoms with Crippen molar-refractivity contribution in [1.29, 1.82) is 0 Å². The maximum absolute atomic E-state index is 13.2. The molecule has 27 heavy (non-hydrogen) atoms. The predicted molar refractivity (Wildman–Crippen MR) is 106 cm³/mol. The molecule has 2 amide bonds. The van der Waals surface area contributed by atoms with Gasteiger partial charge >= 0.3 is 0 Å². The van der Waals surface area contributed by atoms with Gasteiger partial charge in [0.1, 0.15) is 0 Å². The monoisotopic (exact) mass is 354 g/mol. The van der Waals surface area contributed by atoms with Crippen molar-refractivity contribution < 1.29 is 9.59 Å². The van der Waals surface area contributed by atoms with E-state index in [4.69, 9.17) is 0 Å². The fourth-order valence-corrected chi connectivity index (χ4v) is 3.27. The number of anilines is 1. The Morgan fingerprint density at radius 2 is 1.44 bits per heavy atom. The Morgan fingerprint density at radius 1 is 0.815 bits per heavy atom. The first-order valence-electron chi connectivity index (χ1n) is 8.82. The summed E-state index contributed by atoms with van der Waals surface area (Å²) in [4.78, 5) is 31.8. The van der Waals surface area contributed by atoms with Crippen molar-refractivity contribution in [1.82, 2.24) is 0 Å². The Morgan fingerprint density at radius 3 is 2.19 bits per heavy atom. The van der Waals surface area contributed by atoms with Crippen LogP contribution in [-0.4, -0.2) is 18.0 Å². The van der Waals surface area contributed by atoms with E-state index in [2.05, 4.69) is 4.99 Å². The highest BCUT2D eigenvalue weighted by atomic mass is 16.2. The third-order valence-corrected chi connectivity index (χ3v) is 4.60. The van der Waals surface area contributed by atoms with Gasteiger partial charge in [0.2, 0.25) is 5.91 Å². The van der Waals surface area contributed by atoms with Crippen molar-refractivity contribution in [3.63, 3.8) is 0 Å². The van der Waals surface area contributed by atoms with E-state index in [0.717, 1.165) is 5.56 Å². The number of imide groups is 1. The summed E-state index contributed by atoms with van der Waals surface area (Å²) < 4.78 is 0. The van der Waals surface area contributed by atoms with Crippen LogP contribution in [0.1, 0.15) is 27.4 Å². The van der Waals surface area contributed by atoms with Crippen LogP contribution >= 0.6 is 0 Å². The maximum Gasteiger partial charge on any atom is 0.265 e. The van der Waals surface area contributed by atoms with Gasteiger partial charge in [-0.15, -0.1) is 0 Å². The van der Waals surface area contributed by atoms with Crippen LogP contribution in [0, 0.1) is 0 Å². The summed E-state index contributed by atoms with van der Waals surface area (Å²) in [6.45, 7) is 0.492. The zero-order valence-electron chi connectivity index (χ0n) is 14.7. The summed E-state index contributed by atoms with van der Waals surface area (Å²) in [5.74, 6) is -1.15. The molecule has 0 aromatic heterocycles. The Bertz CT molecular complexity index is 997. The molecule has 3 aromatic rings. The predicted octanol–water partition coefficient (Wildman–Crippen LogP) is 4.23. The summed E-state index contributed by atoms with van der Waals surface area (Å²) in [6.07, 6.45) is 1.66. The minimum Gasteiger partial charge on any atom is -0.292 e. The number of hydrogen-bond acceptors (Lipinski definition) is 3. The van der Waals surface area contributed by atoms with E-state index in [1.807, 2.05) is 66.7 Å². The zero-order chi connectivity index (χ0) is 18.6. The first-order valence-corrected chi connectivity index (χ1v) is 8.82. The summed E-state index contributed by atoms with van der Waals surface area (Å²) in [7, 11) is 0. The average Bonchev–Trinajstić information content (AvgIpc) is 2.72. The third kappa shape index (κ3) is 3.29. The van der Waals surface area contributed by atoms with Gasteiger partial charge in [-0.05, 0) is 29.3 Å². The van der Waals surface area contributed by atoms with Crippen molar-refractivity contribution in [2.45, 2.75) is 12.5 Å². The van der Waals surface area contributed by atoms with Crippen molar-refractivity contribution in [2.75, 3.05) is 4.90 Å². The lowest BCUT2D eigenvalue weighted by Gasteiger charge is -2.30. The fourth-order valence-electron chi connectivity index (χ4n) is 3.27. The van der Waals surface area contributed by atoms with Crippen LogP contribution in [0.5, 0.6) is 0 Å². The largest absolute Gasteiger partial charge is 0.292 e. The van der Waals surface area contributed by atoms with E-state index in [9.17, 15) is 9.59 Å². The third-order valence-electron chi connectivity index (χ3n) is 4.60. The molecule has 0 fully saturated rings. The van der Waals surface area contributed by atoms with Gasteiger partial charge in [0.15, 0.2) is 0 Å². The molecule has 4 nitrogen and oxygen atoms in total. The molecule has 4 heteroatoms. The van der Waals surface area contributed by atoms with Crippen LogP contribution < -0.4 is 4.90 Å². The normalized spacial score (nSPS) is 16.6. The molecule has 0 radical (unpaired) electrons. The molecular weight excluding hydrogens is 336 g/mol. The zero-order valence-corrected chi connectivity index (χ0v) is 14.7. The number of nitrogens with zero attached hydrogens (tertiary/aromatic N) is 2. The number of benzene rings is 3. The number of carbonyl (C=O) groups is 2. The number of fused-ring (bicyclic) bond motifs is 1. The van der Waals surface area contributed by atoms with Gasteiger partial charge in [0, 0.05) is 11.8 Å². The molecule has 0 N–H and O–H groups in total. The highest BCUT2D eigenvalue weighted by Gasteiger charge is 2.38. The summed E-state index contributed by atoms with van der Waals surface area (Å²) in [6, 6.07) is 26.1. The van der Waals surface area contributed by atoms with Gasteiger partial charge in [-0.2, -0.15) is 0 Å². The van der Waals surface area contributed by atoms with E-state index in [0.29, 0.717) is 23.4 Å². The first-order chi connectivity index (χ1) is 13.3. The molecule has 0 bridgehead atoms. The molecule has 0 saturated heterocycles. The average molecular weight is 354 g/mol. The van der Waals surface area contributed by atoms with Crippen LogP contribution in [0.2, 0.25) is 0 Å². The van der Waals surface area contributed by atoms with Crippen molar-refractivity contribution in [3.8, 4) is 0 Å². The molecule has 4 rings (SSSR count). The molecular formula is C23H18N2O2. The molecule has 0 spiro atoms. The van der Waals surface area contributed by atoms with Gasteiger partial charge in [-0.25, -0.2) is 4.90 Å². The molecule has 1 atom stereocenters. The number of aliphatic imine (C=N–C) groups is 1. The summed E-state index contributed by atoms with van der Waals surface area (Å²) in [5, 5.41) is 0. The fraction of sp³-hybridized carbons (Fsp3) is 0.0870. The highest BCUT2D eigenvalue weighted by molar-refractivity contribution is 6.29. The van der Waals surface area contributed by atoms with Crippen LogP contribution in [0.25, 0.3) is 0 Å². The van der Waals surface area contributed by atoms with Crippen molar-refractivity contribution in [2.24, 2.45) is 4.99 Å². The van der Waals surface area contributed by atoms with E-state index in [1.165, 1.54) is 4.90 Å². The number of amides is 2. The van der Waals surface area contributed by atoms with Crippen LogP contribution in [-0.2, 0) is 11.3 Å². The smallest absolute Gasteiger partial charge is 0.265 e. The Labute approximate surface area is 157 Å². The second-order valence-corrected chi connectivity index (χ2v) is 6.35. The van der Waals surface area contributed by atoms with Gasteiger partial charge in [0.05, 0.1) is 18.2 Å². The topological polar surface area (TPSA) is 49.7 Å². The minimum absolute atomic E-state index is 0.276. The number of para-hydroxylation sites is 1. The lowest BCUT2D eigenvalue weighted by molar-refractivity contribution is -0.118. The van der Waals surface area contributed by atoms with E-state index in [-0.39, 0.29) is 11.8 Å². The number of rotatable bonds is 4. The molecule has 1 heterocycles. The molecule has 1 aliphatic heterocycles. The van der Waals surface area contributed by atoms with Crippen molar-refractivity contribution in [3.05, 3.63) is 102 Å². The van der Waals surface area contributed by atoms with Gasteiger partial charge in [-0.3, -0.25) is 14.6 Å². The van der Waals surface area contributed by atoms with E-state index >= 15 is 0 Å². The number of carbonyl (C=O) groups excluding carboxylic acids is 2. The van der Waals surface area contributed by atoms with Crippen LogP contribution in [0.15, 0.2) is 89.9 Å². The van der Waals surface area contributed by atoms with Crippen LogP contribution in [0.3, 0.4) is 0 Å². The summed E-state index contributed by atoms with van der Waals surface area (Å²) >= 11 is 0. The van der Waals surface area contributed by atoms with Gasteiger partial charge in [0.25, 0.3) is 5.91 Å². The second kappa shape index (κ2) is 7.38. The number of hydrogen-bond donors (Lipinski definition) is 0. The SMILES string of the molecule is O=C1c2ccccc2C(C=NCc2ccccc2)C(=O)N1c1ccccc1. The molecule has 3 aromatic carbocycles. The summed E-state index contributed by atoms with van der Waals surface area (Å²) in [5.41, 5.74) is 2.89. The second-order valence-electron chi connectivity index (χ2n) is 6.35. The molecule has 0 saturated carbocycles. The highest BCUT2D eigenvalue weighted by Crippen LogP contribution is 2.31. The maximum atomic E-state index is 13.2. The lowest BCUT2D eigenvalue weighted by atomic mass is 9.89. The van der Waals surface area contributed by atoms with Gasteiger partial charge < -0.3 is 0 Å². The lowest BCUT2D eigenvalue weighted by Crippen LogP contribution is -2.45. The quantitative estimate of drug-likeness (QED) is 0.520. The minimum atomic E-state index is -0.581. The van der Waals surface area contributed by atoms with E-state index < -0.39 is 5.92 Å².